The van der Waals surface area contributed by atoms with E-state index in [-0.39, 0.29) is 22.9 Å². The van der Waals surface area contributed by atoms with E-state index in [0.29, 0.717) is 5.92 Å². The second-order valence-electron chi connectivity index (χ2n) is 11.4. The Balaban J connectivity index is 1.49. The molecule has 0 saturated heterocycles. The van der Waals surface area contributed by atoms with Crippen molar-refractivity contribution in [2.45, 2.75) is 52.1 Å². The molecule has 2 aromatic carbocycles. The van der Waals surface area contributed by atoms with Crippen LogP contribution in [0.5, 0.6) is 0 Å². The molecule has 6 rings (SSSR count). The molecule has 0 unspecified atom stereocenters. The molecule has 2 aliphatic carbocycles. The van der Waals surface area contributed by atoms with E-state index >= 15 is 0 Å². The van der Waals surface area contributed by atoms with Crippen LogP contribution in [-0.2, 0) is 23.6 Å². The molecule has 2 saturated carbocycles. The number of ether oxygens (including phenoxy) is 1. The summed E-state index contributed by atoms with van der Waals surface area (Å²) in [6, 6.07) is 16.7. The second kappa shape index (κ2) is 7.24. The molecule has 2 aliphatic rings. The zero-order chi connectivity index (χ0) is 23.8. The van der Waals surface area contributed by atoms with E-state index in [9.17, 15) is 4.79 Å². The summed E-state index contributed by atoms with van der Waals surface area (Å²) in [5.41, 5.74) is 4.54. The Bertz CT molecular complexity index is 1340. The van der Waals surface area contributed by atoms with Crippen molar-refractivity contribution in [3.05, 3.63) is 72.1 Å². The van der Waals surface area contributed by atoms with Crippen molar-refractivity contribution in [1.82, 2.24) is 9.13 Å². The lowest BCUT2D eigenvalue weighted by Crippen LogP contribution is -2.39. The summed E-state index contributed by atoms with van der Waals surface area (Å²) in [5.74, 6) is 0.0363. The van der Waals surface area contributed by atoms with Gasteiger partial charge < -0.3 is 13.9 Å². The zero-order valence-corrected chi connectivity index (χ0v) is 20.8. The van der Waals surface area contributed by atoms with Gasteiger partial charge in [0.15, 0.2) is 0 Å². The third kappa shape index (κ3) is 2.80. The first kappa shape index (κ1) is 21.5. The molecule has 2 heterocycles. The Hall–Kier alpha value is -3.01. The monoisotopic (exact) mass is 454 g/mol. The number of carbonyl (C=O) groups is 1. The van der Waals surface area contributed by atoms with Gasteiger partial charge >= 0.3 is 5.97 Å². The molecular weight excluding hydrogens is 420 g/mol. The summed E-state index contributed by atoms with van der Waals surface area (Å²) in [6.07, 6.45) is 7.56. The van der Waals surface area contributed by atoms with Gasteiger partial charge in [-0.1, -0.05) is 57.2 Å². The highest BCUT2D eigenvalue weighted by atomic mass is 16.5. The number of aryl methyl sites for hydroxylation is 2. The van der Waals surface area contributed by atoms with E-state index in [1.54, 1.807) is 0 Å². The van der Waals surface area contributed by atoms with E-state index in [4.69, 9.17) is 4.74 Å². The van der Waals surface area contributed by atoms with Gasteiger partial charge in [-0.3, -0.25) is 4.79 Å². The van der Waals surface area contributed by atoms with Crippen LogP contribution in [0, 0.1) is 16.7 Å². The molecule has 34 heavy (non-hydrogen) atoms. The summed E-state index contributed by atoms with van der Waals surface area (Å²) in [5, 5.41) is 2.22. The average molecular weight is 455 g/mol. The SMILES string of the molecule is Cn1cc(C(C(=O)O[C@@H]2C[C@H]3CC[C@@]2(C)C3(C)C)c2cn(C)c3ccccc23)c2ccccc21. The van der Waals surface area contributed by atoms with Gasteiger partial charge in [0, 0.05) is 53.7 Å². The largest absolute Gasteiger partial charge is 0.461 e. The molecule has 0 amide bonds. The van der Waals surface area contributed by atoms with Gasteiger partial charge in [0.25, 0.3) is 0 Å². The van der Waals surface area contributed by atoms with E-state index in [0.717, 1.165) is 45.8 Å². The number of para-hydroxylation sites is 2. The smallest absolute Gasteiger partial charge is 0.318 e. The highest BCUT2D eigenvalue weighted by Crippen LogP contribution is 2.66. The molecule has 4 aromatic rings. The Morgan fingerprint density at radius 2 is 1.44 bits per heavy atom. The van der Waals surface area contributed by atoms with Gasteiger partial charge in [0.05, 0.1) is 0 Å². The van der Waals surface area contributed by atoms with Crippen molar-refractivity contribution >= 4 is 27.8 Å². The van der Waals surface area contributed by atoms with Gasteiger partial charge in [-0.15, -0.1) is 0 Å². The maximum Gasteiger partial charge on any atom is 0.318 e. The first-order valence-corrected chi connectivity index (χ1v) is 12.5. The van der Waals surface area contributed by atoms with E-state index in [1.165, 1.54) is 6.42 Å². The highest BCUT2D eigenvalue weighted by molar-refractivity contribution is 5.97. The number of aromatic nitrogens is 2. The minimum absolute atomic E-state index is 0.0267. The predicted molar refractivity (Wildman–Crippen MR) is 137 cm³/mol. The molecule has 0 aliphatic heterocycles. The summed E-state index contributed by atoms with van der Waals surface area (Å²) < 4.78 is 10.8. The highest BCUT2D eigenvalue weighted by Gasteiger charge is 2.63. The van der Waals surface area contributed by atoms with Crippen LogP contribution in [0.3, 0.4) is 0 Å². The molecule has 176 valence electrons. The summed E-state index contributed by atoms with van der Waals surface area (Å²) in [4.78, 5) is 14.2. The fraction of sp³-hybridized carbons (Fsp3) is 0.433. The number of hydrogen-bond donors (Lipinski definition) is 0. The number of rotatable bonds is 4. The van der Waals surface area contributed by atoms with E-state index < -0.39 is 5.92 Å². The van der Waals surface area contributed by atoms with Crippen molar-refractivity contribution in [2.75, 3.05) is 0 Å². The molecule has 4 nitrogen and oxygen atoms in total. The van der Waals surface area contributed by atoms with Crippen LogP contribution < -0.4 is 0 Å². The Morgan fingerprint density at radius 3 is 1.91 bits per heavy atom. The fourth-order valence-corrected chi connectivity index (χ4v) is 7.14. The van der Waals surface area contributed by atoms with Crippen molar-refractivity contribution < 1.29 is 9.53 Å². The van der Waals surface area contributed by atoms with Crippen LogP contribution in [0.15, 0.2) is 60.9 Å². The van der Waals surface area contributed by atoms with Crippen molar-refractivity contribution in [2.24, 2.45) is 30.8 Å². The first-order valence-electron chi connectivity index (χ1n) is 12.5. The number of nitrogens with zero attached hydrogens (tertiary/aromatic N) is 2. The molecule has 2 fully saturated rings. The Kier molecular flexibility index (Phi) is 4.58. The fourth-order valence-electron chi connectivity index (χ4n) is 7.14. The van der Waals surface area contributed by atoms with Gasteiger partial charge in [-0.25, -0.2) is 0 Å². The molecule has 0 N–H and O–H groups in total. The summed E-state index contributed by atoms with van der Waals surface area (Å²) >= 11 is 0. The zero-order valence-electron chi connectivity index (χ0n) is 20.8. The number of hydrogen-bond acceptors (Lipinski definition) is 2. The van der Waals surface area contributed by atoms with Crippen LogP contribution in [0.4, 0.5) is 0 Å². The maximum atomic E-state index is 14.2. The molecule has 2 aromatic heterocycles. The molecule has 4 heteroatoms. The van der Waals surface area contributed by atoms with E-state index in [2.05, 4.69) is 105 Å². The predicted octanol–water partition coefficient (Wildman–Crippen LogP) is 6.56. The number of esters is 1. The standard InChI is InChI=1S/C30H34N2O2/c1-29(2)19-14-15-30(29,3)26(16-19)34-28(33)27(22-17-31(4)24-12-8-6-10-20(22)24)23-18-32(5)25-13-9-7-11-21(23)25/h6-13,17-19,26-27H,14-16H2,1-5H3/t19-,26-,30-/m1/s1. The summed E-state index contributed by atoms with van der Waals surface area (Å²) in [6.45, 7) is 7.07. The van der Waals surface area contributed by atoms with Crippen LogP contribution in [-0.4, -0.2) is 21.2 Å². The van der Waals surface area contributed by atoms with Crippen LogP contribution >= 0.6 is 0 Å². The lowest BCUT2D eigenvalue weighted by Gasteiger charge is -2.38. The number of benzene rings is 2. The minimum Gasteiger partial charge on any atom is -0.461 e. The molecular formula is C30H34N2O2. The van der Waals surface area contributed by atoms with Crippen molar-refractivity contribution in [1.29, 1.82) is 0 Å². The van der Waals surface area contributed by atoms with Gasteiger partial charge in [0.2, 0.25) is 0 Å². The third-order valence-electron chi connectivity index (χ3n) is 9.69. The number of fused-ring (bicyclic) bond motifs is 4. The average Bonchev–Trinajstić information content (AvgIpc) is 3.45. The molecule has 0 spiro atoms. The van der Waals surface area contributed by atoms with Crippen molar-refractivity contribution in [3.8, 4) is 0 Å². The van der Waals surface area contributed by atoms with Gasteiger partial charge in [0.1, 0.15) is 12.0 Å². The van der Waals surface area contributed by atoms with Crippen molar-refractivity contribution in [3.63, 3.8) is 0 Å². The molecule has 3 atom stereocenters. The second-order valence-corrected chi connectivity index (χ2v) is 11.4. The van der Waals surface area contributed by atoms with Crippen LogP contribution in [0.25, 0.3) is 21.8 Å². The quantitative estimate of drug-likeness (QED) is 0.327. The topological polar surface area (TPSA) is 36.2 Å². The van der Waals surface area contributed by atoms with Gasteiger partial charge in [-0.2, -0.15) is 0 Å². The van der Waals surface area contributed by atoms with E-state index in [1.807, 2.05) is 0 Å². The first-order chi connectivity index (χ1) is 16.2. The summed E-state index contributed by atoms with van der Waals surface area (Å²) in [7, 11) is 4.10. The Morgan fingerprint density at radius 1 is 0.912 bits per heavy atom. The third-order valence-corrected chi connectivity index (χ3v) is 9.69. The minimum atomic E-state index is -0.469. The lowest BCUT2D eigenvalue weighted by molar-refractivity contribution is -0.157. The lowest BCUT2D eigenvalue weighted by atomic mass is 9.70. The van der Waals surface area contributed by atoms with Crippen LogP contribution in [0.2, 0.25) is 0 Å². The van der Waals surface area contributed by atoms with Gasteiger partial charge in [-0.05, 0) is 53.9 Å². The number of carbonyl (C=O) groups excluding carboxylic acids is 1. The maximum absolute atomic E-state index is 14.2. The molecule has 2 bridgehead atoms. The van der Waals surface area contributed by atoms with Crippen LogP contribution in [0.1, 0.15) is 57.1 Å². The molecule has 0 radical (unpaired) electrons. The Labute approximate surface area is 201 Å². The normalized spacial score (nSPS) is 25.6.